The van der Waals surface area contributed by atoms with Crippen LogP contribution in [0.4, 0.5) is 10.1 Å². The zero-order valence-electron chi connectivity index (χ0n) is 38.0. The summed E-state index contributed by atoms with van der Waals surface area (Å²) in [7, 11) is 0. The van der Waals surface area contributed by atoms with Gasteiger partial charge in [0.1, 0.15) is 11.7 Å². The van der Waals surface area contributed by atoms with Gasteiger partial charge in [0, 0.05) is 82.5 Å². The highest BCUT2D eigenvalue weighted by molar-refractivity contribution is 6.29. The molecule has 2 N–H and O–H groups in total. The lowest BCUT2D eigenvalue weighted by atomic mass is 9.96. The molecule has 0 radical (unpaired) electrons. The number of halogens is 2. The molecule has 348 valence electrons. The SMILES string of the molecule is CC.CCc1cccc(-c2cnc(C(=O)N3CCN(CC4CCN(CC(=O)N5CCN(C(=O)c6cc(Cc7n[nH]c(=O)c8ccccc78)ccc6F)CC5)CC4)CC3)c(NC(=O)CCl)c2)c1. The van der Waals surface area contributed by atoms with Crippen molar-refractivity contribution in [3.05, 3.63) is 123 Å². The lowest BCUT2D eigenvalue weighted by molar-refractivity contribution is -0.134. The molecule has 4 amide bonds. The number of hydrogen-bond acceptors (Lipinski definition) is 9. The molecular weight excluding hydrogens is 861 g/mol. The van der Waals surface area contributed by atoms with Gasteiger partial charge >= 0.3 is 0 Å². The van der Waals surface area contributed by atoms with Crippen molar-refractivity contribution in [1.82, 2.24) is 39.7 Å². The van der Waals surface area contributed by atoms with E-state index in [4.69, 9.17) is 11.6 Å². The van der Waals surface area contributed by atoms with Crippen molar-refractivity contribution in [2.75, 3.05) is 89.7 Å². The molecule has 0 bridgehead atoms. The number of pyridine rings is 1. The molecule has 3 saturated heterocycles. The van der Waals surface area contributed by atoms with Gasteiger partial charge in [0.2, 0.25) is 11.8 Å². The standard InChI is InChI=1S/C48H53ClFN9O5.C2H6/c1-2-32-6-5-7-35(24-32)36-27-42(52-43(60)28-49)45(51-29-36)48(64)59-18-16-56(17-19-59)30-33-12-14-55(15-13-33)31-44(61)57-20-22-58(23-21-57)47(63)39-25-34(10-11-40(39)50)26-41-37-8-3-4-9-38(37)46(62)54-53-41;1-2/h3-11,24-25,27,29,33H,2,12-23,26,28,30-31H2,1H3,(H,52,60)(H,54,62);1-2H3. The molecule has 3 aliphatic rings. The number of alkyl halides is 1. The Hall–Kier alpha value is -6.03. The van der Waals surface area contributed by atoms with Gasteiger partial charge in [0.25, 0.3) is 17.4 Å². The maximum atomic E-state index is 15.1. The molecule has 5 aromatic rings. The number of fused-ring (bicyclic) bond motifs is 1. The van der Waals surface area contributed by atoms with Gasteiger partial charge in [0.05, 0.1) is 28.9 Å². The zero-order valence-corrected chi connectivity index (χ0v) is 38.8. The highest BCUT2D eigenvalue weighted by atomic mass is 35.5. The van der Waals surface area contributed by atoms with E-state index in [2.05, 4.69) is 49.4 Å². The van der Waals surface area contributed by atoms with E-state index in [-0.39, 0.29) is 34.5 Å². The fourth-order valence-electron chi connectivity index (χ4n) is 8.98. The van der Waals surface area contributed by atoms with Crippen LogP contribution in [-0.2, 0) is 22.4 Å². The molecular formula is C50H59ClFN9O5. The molecule has 16 heteroatoms. The first-order valence-corrected chi connectivity index (χ1v) is 23.6. The fourth-order valence-corrected chi connectivity index (χ4v) is 9.05. The monoisotopic (exact) mass is 919 g/mol. The Kier molecular flexibility index (Phi) is 16.3. The van der Waals surface area contributed by atoms with Crippen molar-refractivity contribution >= 4 is 51.7 Å². The number of nitrogens with zero attached hydrogens (tertiary/aromatic N) is 7. The van der Waals surface area contributed by atoms with Gasteiger partial charge in [-0.2, -0.15) is 5.10 Å². The average Bonchev–Trinajstić information content (AvgIpc) is 3.36. The van der Waals surface area contributed by atoms with E-state index in [1.54, 1.807) is 51.2 Å². The number of carbonyl (C=O) groups is 4. The number of benzene rings is 3. The molecule has 14 nitrogen and oxygen atoms in total. The predicted molar refractivity (Wildman–Crippen MR) is 255 cm³/mol. The maximum absolute atomic E-state index is 15.1. The van der Waals surface area contributed by atoms with E-state index in [0.29, 0.717) is 85.9 Å². The second-order valence-corrected chi connectivity index (χ2v) is 17.1. The Bertz CT molecular complexity index is 2580. The van der Waals surface area contributed by atoms with Crippen LogP contribution in [0.25, 0.3) is 21.9 Å². The highest BCUT2D eigenvalue weighted by Crippen LogP contribution is 2.27. The van der Waals surface area contributed by atoms with E-state index in [1.165, 1.54) is 11.6 Å². The smallest absolute Gasteiger partial charge is 0.274 e. The molecule has 5 heterocycles. The fraction of sp³-hybridized carbons (Fsp3) is 0.420. The number of H-pyrrole nitrogens is 1. The van der Waals surface area contributed by atoms with E-state index >= 15 is 4.39 Å². The maximum Gasteiger partial charge on any atom is 0.274 e. The number of nitrogens with one attached hydrogen (secondary N) is 2. The summed E-state index contributed by atoms with van der Waals surface area (Å²) in [6.07, 6.45) is 4.81. The Morgan fingerprint density at radius 2 is 1.44 bits per heavy atom. The normalized spacial score (nSPS) is 16.2. The predicted octanol–water partition coefficient (Wildman–Crippen LogP) is 5.94. The summed E-state index contributed by atoms with van der Waals surface area (Å²) in [5.41, 5.74) is 4.48. The number of aryl methyl sites for hydroxylation is 1. The van der Waals surface area contributed by atoms with Crippen molar-refractivity contribution in [1.29, 1.82) is 0 Å². The van der Waals surface area contributed by atoms with Crippen molar-refractivity contribution in [2.24, 2.45) is 5.92 Å². The number of likely N-dealkylation sites (tertiary alicyclic amines) is 1. The number of piperazine rings is 2. The van der Waals surface area contributed by atoms with Gasteiger partial charge in [-0.3, -0.25) is 33.8 Å². The van der Waals surface area contributed by atoms with Crippen LogP contribution in [0.15, 0.2) is 83.8 Å². The molecule has 66 heavy (non-hydrogen) atoms. The largest absolute Gasteiger partial charge is 0.338 e. The quantitative estimate of drug-likeness (QED) is 0.145. The molecule has 0 atom stereocenters. The molecule has 3 fully saturated rings. The van der Waals surface area contributed by atoms with Crippen LogP contribution in [0.1, 0.15) is 71.3 Å². The molecule has 0 spiro atoms. The Labute approximate surface area is 390 Å². The van der Waals surface area contributed by atoms with Crippen molar-refractivity contribution in [3.63, 3.8) is 0 Å². The van der Waals surface area contributed by atoms with Crippen molar-refractivity contribution in [2.45, 2.75) is 46.5 Å². The number of hydrogen-bond donors (Lipinski definition) is 2. The first-order valence-electron chi connectivity index (χ1n) is 23.1. The Morgan fingerprint density at radius 3 is 2.15 bits per heavy atom. The number of aromatic nitrogens is 3. The molecule has 0 saturated carbocycles. The van der Waals surface area contributed by atoms with Crippen molar-refractivity contribution in [3.8, 4) is 11.1 Å². The number of aromatic amines is 1. The topological polar surface area (TPSA) is 155 Å². The van der Waals surface area contributed by atoms with Crippen LogP contribution in [0.2, 0.25) is 0 Å². The van der Waals surface area contributed by atoms with Crippen LogP contribution in [0.5, 0.6) is 0 Å². The van der Waals surface area contributed by atoms with Gasteiger partial charge in [-0.1, -0.05) is 69.3 Å². The van der Waals surface area contributed by atoms with Crippen LogP contribution in [0.3, 0.4) is 0 Å². The Morgan fingerprint density at radius 1 is 0.758 bits per heavy atom. The van der Waals surface area contributed by atoms with Gasteiger partial charge in [0.15, 0.2) is 5.69 Å². The summed E-state index contributed by atoms with van der Waals surface area (Å²) in [6.45, 7) is 12.9. The van der Waals surface area contributed by atoms with E-state index < -0.39 is 17.6 Å². The number of piperidine rings is 1. The molecule has 8 rings (SSSR count). The van der Waals surface area contributed by atoms with Crippen LogP contribution in [0, 0.1) is 11.7 Å². The van der Waals surface area contributed by atoms with Crippen LogP contribution in [-0.4, -0.2) is 148 Å². The second kappa shape index (κ2) is 22.4. The third kappa shape index (κ3) is 11.5. The lowest BCUT2D eigenvalue weighted by Gasteiger charge is -2.39. The van der Waals surface area contributed by atoms with E-state index in [1.807, 2.05) is 38.1 Å². The molecule has 3 aliphatic heterocycles. The highest BCUT2D eigenvalue weighted by Gasteiger charge is 2.31. The third-order valence-electron chi connectivity index (χ3n) is 12.7. The first kappa shape index (κ1) is 47.9. The molecule has 0 aliphatic carbocycles. The van der Waals surface area contributed by atoms with Gasteiger partial charge in [-0.05, 0) is 79.2 Å². The second-order valence-electron chi connectivity index (χ2n) is 16.9. The van der Waals surface area contributed by atoms with Gasteiger partial charge < -0.3 is 20.0 Å². The summed E-state index contributed by atoms with van der Waals surface area (Å²) in [5.74, 6) is -1.39. The third-order valence-corrected chi connectivity index (χ3v) is 13.0. The summed E-state index contributed by atoms with van der Waals surface area (Å²) in [4.78, 5) is 79.7. The number of amides is 4. The first-order chi connectivity index (χ1) is 32.1. The average molecular weight is 921 g/mol. The van der Waals surface area contributed by atoms with Gasteiger partial charge in [-0.25, -0.2) is 14.5 Å². The minimum Gasteiger partial charge on any atom is -0.338 e. The molecule has 3 aromatic carbocycles. The number of rotatable bonds is 12. The summed E-state index contributed by atoms with van der Waals surface area (Å²) in [5, 5.41) is 10.8. The van der Waals surface area contributed by atoms with Crippen molar-refractivity contribution < 1.29 is 23.6 Å². The van der Waals surface area contributed by atoms with Crippen LogP contribution >= 0.6 is 11.6 Å². The van der Waals surface area contributed by atoms with E-state index in [9.17, 15) is 24.0 Å². The Balaban J connectivity index is 0.00000320. The molecule has 0 unspecified atom stereocenters. The van der Waals surface area contributed by atoms with Gasteiger partial charge in [-0.15, -0.1) is 11.6 Å². The van der Waals surface area contributed by atoms with Crippen LogP contribution < -0.4 is 10.9 Å². The number of anilines is 1. The lowest BCUT2D eigenvalue weighted by Crippen LogP contribution is -2.53. The minimum absolute atomic E-state index is 0.0272. The number of carbonyl (C=O) groups excluding carboxylic acids is 4. The minimum atomic E-state index is -0.610. The molecule has 2 aromatic heterocycles. The summed E-state index contributed by atoms with van der Waals surface area (Å²) < 4.78 is 15.1. The summed E-state index contributed by atoms with van der Waals surface area (Å²) >= 11 is 5.82. The summed E-state index contributed by atoms with van der Waals surface area (Å²) in [6, 6.07) is 21.5. The zero-order chi connectivity index (χ0) is 46.7. The van der Waals surface area contributed by atoms with E-state index in [0.717, 1.165) is 63.1 Å².